The Morgan fingerprint density at radius 2 is 1.64 bits per heavy atom. The van der Waals surface area contributed by atoms with E-state index in [9.17, 15) is 4.80 Å². The molecule has 5 heteroatoms. The van der Waals surface area contributed by atoms with E-state index in [0.29, 0.717) is 0 Å². The number of hydrogen-bond acceptors (Lipinski definition) is 2. The molecule has 0 bridgehead atoms. The molecule has 0 rings (SSSR count). The molecule has 0 atom stereocenters. The van der Waals surface area contributed by atoms with Crippen LogP contribution in [-0.4, -0.2) is 31.2 Å². The van der Waals surface area contributed by atoms with Gasteiger partial charge in [0, 0.05) is 0 Å². The lowest BCUT2D eigenvalue weighted by Gasteiger charge is -2.20. The second-order valence-electron chi connectivity index (χ2n) is 4.52. The van der Waals surface area contributed by atoms with E-state index in [0.717, 1.165) is 5.67 Å². The van der Waals surface area contributed by atoms with Gasteiger partial charge in [0.05, 0.1) is 0 Å². The summed E-state index contributed by atoms with van der Waals surface area (Å²) in [6.45, 7) is 10.6. The van der Waals surface area contributed by atoms with Crippen LogP contribution in [0.15, 0.2) is 0 Å². The molecule has 68 valence electrons. The second-order valence-corrected chi connectivity index (χ2v) is 15.9. The van der Waals surface area contributed by atoms with Crippen molar-refractivity contribution in [1.82, 2.24) is 0 Å². The van der Waals surface area contributed by atoms with Crippen LogP contribution in [0.3, 0.4) is 0 Å². The summed E-state index contributed by atoms with van der Waals surface area (Å²) in [4.78, 5) is 9.52. The lowest BCUT2D eigenvalue weighted by Crippen LogP contribution is -2.33. The molecule has 0 spiro atoms. The maximum atomic E-state index is 9.52. The molecule has 0 aliphatic heterocycles. The van der Waals surface area contributed by atoms with E-state index >= 15 is 0 Å². The van der Waals surface area contributed by atoms with Gasteiger partial charge in [-0.15, -0.1) is 0 Å². The van der Waals surface area contributed by atoms with Crippen molar-refractivity contribution in [2.24, 2.45) is 0 Å². The predicted octanol–water partition coefficient (Wildman–Crippen LogP) is 1.08. The van der Waals surface area contributed by atoms with Crippen molar-refractivity contribution in [3.05, 3.63) is 0 Å². The molecule has 0 aliphatic rings. The number of rotatable bonds is 4. The minimum atomic E-state index is -1.80. The number of hydrogen-bond donors (Lipinski definition) is 1. The first kappa shape index (κ1) is 11.6. The van der Waals surface area contributed by atoms with Crippen LogP contribution in [0, 0.1) is 0 Å². The van der Waals surface area contributed by atoms with Gasteiger partial charge in [0.15, 0.2) is 16.6 Å². The third-order valence-corrected chi connectivity index (χ3v) is 11.2. The zero-order valence-corrected chi connectivity index (χ0v) is 11.7. The van der Waals surface area contributed by atoms with Gasteiger partial charge in [0.1, 0.15) is 9.76 Å². The van der Waals surface area contributed by atoms with Crippen molar-refractivity contribution in [3.63, 3.8) is 0 Å². The summed E-state index contributed by atoms with van der Waals surface area (Å²) in [5.41, 5.74) is 0.997. The maximum Gasteiger partial charge on any atom is 0.181 e. The van der Waals surface area contributed by atoms with Gasteiger partial charge >= 0.3 is 0 Å². The van der Waals surface area contributed by atoms with Crippen LogP contribution >= 0.6 is 0 Å². The van der Waals surface area contributed by atoms with E-state index in [2.05, 4.69) is 19.6 Å². The molecular formula is C6H20O2Si3. The maximum absolute atomic E-state index is 9.52. The van der Waals surface area contributed by atoms with Gasteiger partial charge in [0.25, 0.3) is 0 Å². The van der Waals surface area contributed by atoms with Gasteiger partial charge in [-0.25, -0.2) is 0 Å². The van der Waals surface area contributed by atoms with E-state index in [1.165, 1.54) is 0 Å². The van der Waals surface area contributed by atoms with Gasteiger partial charge in [-0.3, -0.25) is 0 Å². The van der Waals surface area contributed by atoms with Crippen molar-refractivity contribution >= 4 is 26.4 Å². The highest BCUT2D eigenvalue weighted by molar-refractivity contribution is 6.80. The molecule has 0 aliphatic carbocycles. The highest BCUT2D eigenvalue weighted by atomic mass is 28.4. The van der Waals surface area contributed by atoms with Crippen molar-refractivity contribution in [2.75, 3.05) is 0 Å². The average Bonchev–Trinajstić information content (AvgIpc) is 1.55. The quantitative estimate of drug-likeness (QED) is 0.701. The van der Waals surface area contributed by atoms with Crippen LogP contribution in [0.2, 0.25) is 38.4 Å². The lowest BCUT2D eigenvalue weighted by molar-refractivity contribution is 0.549. The van der Waals surface area contributed by atoms with E-state index in [1.807, 2.05) is 13.1 Å². The fourth-order valence-corrected chi connectivity index (χ4v) is 6.38. The average molecular weight is 208 g/mol. The van der Waals surface area contributed by atoms with Crippen LogP contribution in [0.1, 0.15) is 0 Å². The van der Waals surface area contributed by atoms with Gasteiger partial charge in [-0.2, -0.15) is 0 Å². The third kappa shape index (κ3) is 10.6. The summed E-state index contributed by atoms with van der Waals surface area (Å²) < 4.78 is 5.76. The first-order chi connectivity index (χ1) is 4.71. The summed E-state index contributed by atoms with van der Waals surface area (Å²) in [5, 5.41) is 0. The Labute approximate surface area is 74.2 Å². The van der Waals surface area contributed by atoms with E-state index in [-0.39, 0.29) is 0 Å². The van der Waals surface area contributed by atoms with Crippen molar-refractivity contribution < 1.29 is 8.91 Å². The van der Waals surface area contributed by atoms with Gasteiger partial charge in [-0.1, -0.05) is 0 Å². The van der Waals surface area contributed by atoms with Gasteiger partial charge in [-0.05, 0) is 38.4 Å². The monoisotopic (exact) mass is 208 g/mol. The molecule has 0 fully saturated rings. The largest absolute Gasteiger partial charge is 0.461 e. The third-order valence-electron chi connectivity index (χ3n) is 1.25. The zero-order chi connectivity index (χ0) is 9.12. The standard InChI is InChI=1S/C6H20O2Si3/c1-10(2,3)8-9-6-11(4,5)7/h7H,6,9H2,1-5H3. The Kier molecular flexibility index (Phi) is 4.20. The van der Waals surface area contributed by atoms with Crippen molar-refractivity contribution in [1.29, 1.82) is 0 Å². The van der Waals surface area contributed by atoms with Gasteiger partial charge in [0.2, 0.25) is 0 Å². The highest BCUT2D eigenvalue weighted by Crippen LogP contribution is 2.06. The first-order valence-corrected chi connectivity index (χ1v) is 12.2. The molecule has 0 radical (unpaired) electrons. The molecule has 0 aromatic rings. The zero-order valence-electron chi connectivity index (χ0n) is 8.27. The molecule has 0 amide bonds. The smallest absolute Gasteiger partial charge is 0.181 e. The van der Waals surface area contributed by atoms with Crippen LogP contribution in [0.5, 0.6) is 0 Å². The van der Waals surface area contributed by atoms with Crippen LogP contribution < -0.4 is 0 Å². The molecule has 1 N–H and O–H groups in total. The first-order valence-electron chi connectivity index (χ1n) is 4.07. The topological polar surface area (TPSA) is 29.5 Å². The Balaban J connectivity index is 3.44. The van der Waals surface area contributed by atoms with Crippen molar-refractivity contribution in [2.45, 2.75) is 38.4 Å². The molecule has 0 saturated carbocycles. The van der Waals surface area contributed by atoms with E-state index in [4.69, 9.17) is 4.12 Å². The fourth-order valence-electron chi connectivity index (χ4n) is 0.607. The molecular weight excluding hydrogens is 188 g/mol. The SMILES string of the molecule is C[Si](C)(O)C[SiH2]O[Si](C)(C)C. The van der Waals surface area contributed by atoms with Crippen LogP contribution in [-0.2, 0) is 4.12 Å². The summed E-state index contributed by atoms with van der Waals surface area (Å²) in [5.74, 6) is 0. The summed E-state index contributed by atoms with van der Waals surface area (Å²) in [7, 11) is -3.51. The molecule has 0 heterocycles. The summed E-state index contributed by atoms with van der Waals surface area (Å²) in [6, 6.07) is 0. The Hall–Kier alpha value is 0.571. The van der Waals surface area contributed by atoms with Crippen LogP contribution in [0.4, 0.5) is 0 Å². The molecule has 0 unspecified atom stereocenters. The van der Waals surface area contributed by atoms with E-state index in [1.54, 1.807) is 0 Å². The molecule has 0 aromatic heterocycles. The van der Waals surface area contributed by atoms with Crippen molar-refractivity contribution in [3.8, 4) is 0 Å². The molecule has 2 nitrogen and oxygen atoms in total. The normalized spacial score (nSPS) is 14.7. The minimum absolute atomic E-state index is 0.424. The lowest BCUT2D eigenvalue weighted by atomic mass is 11.8. The molecule has 0 aromatic carbocycles. The Bertz CT molecular complexity index is 100.0. The highest BCUT2D eigenvalue weighted by Gasteiger charge is 2.19. The Morgan fingerprint density at radius 3 is 1.91 bits per heavy atom. The molecule has 11 heavy (non-hydrogen) atoms. The van der Waals surface area contributed by atoms with Gasteiger partial charge < -0.3 is 8.91 Å². The fraction of sp³-hybridized carbons (Fsp3) is 1.00. The second kappa shape index (κ2) is 3.99. The minimum Gasteiger partial charge on any atom is -0.461 e. The Morgan fingerprint density at radius 1 is 1.18 bits per heavy atom. The van der Waals surface area contributed by atoms with E-state index < -0.39 is 26.4 Å². The summed E-state index contributed by atoms with van der Waals surface area (Å²) in [6.07, 6.45) is 0. The molecule has 0 saturated heterocycles. The summed E-state index contributed by atoms with van der Waals surface area (Å²) >= 11 is 0. The predicted molar refractivity (Wildman–Crippen MR) is 57.5 cm³/mol. The van der Waals surface area contributed by atoms with Crippen LogP contribution in [0.25, 0.3) is 0 Å².